The molecule has 0 bridgehead atoms. The first kappa shape index (κ1) is 18.0. The van der Waals surface area contributed by atoms with Gasteiger partial charge < -0.3 is 20.4 Å². The van der Waals surface area contributed by atoms with Crippen molar-refractivity contribution in [1.82, 2.24) is 0 Å². The maximum absolute atomic E-state index is 12.2. The molecule has 128 valence electrons. The van der Waals surface area contributed by atoms with E-state index in [1.807, 2.05) is 18.2 Å². The number of hydrogen-bond acceptors (Lipinski definition) is 4. The van der Waals surface area contributed by atoms with E-state index in [0.29, 0.717) is 23.4 Å². The van der Waals surface area contributed by atoms with E-state index >= 15 is 0 Å². The lowest BCUT2D eigenvalue weighted by Gasteiger charge is -2.27. The molecule has 0 spiro atoms. The van der Waals surface area contributed by atoms with Crippen LogP contribution in [0.2, 0.25) is 0 Å². The summed E-state index contributed by atoms with van der Waals surface area (Å²) in [7, 11) is 0. The number of carbonyl (C=O) groups excluding carboxylic acids is 2. The molecule has 6 nitrogen and oxygen atoms in total. The standard InChI is InChI=1S/C17H19N3O3.ClH/c18-10-15-8-12(11-23-15)17(22)19-13-4-3-5-14(9-13)20-7-2-1-6-16(20)21;/h3-5,8-9,11H,1-2,6-7,10,18H2,(H,19,22);1H. The van der Waals surface area contributed by atoms with Crippen LogP contribution in [0.1, 0.15) is 35.4 Å². The van der Waals surface area contributed by atoms with Crippen molar-refractivity contribution in [3.05, 3.63) is 47.9 Å². The Morgan fingerprint density at radius 1 is 1.29 bits per heavy atom. The minimum absolute atomic E-state index is 0. The van der Waals surface area contributed by atoms with Gasteiger partial charge in [0.2, 0.25) is 5.91 Å². The van der Waals surface area contributed by atoms with Crippen LogP contribution in [0, 0.1) is 0 Å². The molecule has 1 aliphatic rings. The van der Waals surface area contributed by atoms with E-state index in [4.69, 9.17) is 10.2 Å². The molecule has 1 aliphatic heterocycles. The highest BCUT2D eigenvalue weighted by molar-refractivity contribution is 6.04. The van der Waals surface area contributed by atoms with E-state index in [-0.39, 0.29) is 30.8 Å². The van der Waals surface area contributed by atoms with Crippen molar-refractivity contribution in [2.75, 3.05) is 16.8 Å². The van der Waals surface area contributed by atoms with Gasteiger partial charge in [-0.3, -0.25) is 9.59 Å². The van der Waals surface area contributed by atoms with Crippen LogP contribution in [-0.4, -0.2) is 18.4 Å². The van der Waals surface area contributed by atoms with E-state index in [1.165, 1.54) is 6.26 Å². The Kier molecular flexibility index (Phi) is 6.00. The highest BCUT2D eigenvalue weighted by atomic mass is 35.5. The lowest BCUT2D eigenvalue weighted by molar-refractivity contribution is -0.119. The van der Waals surface area contributed by atoms with Gasteiger partial charge in [0.05, 0.1) is 12.1 Å². The number of carbonyl (C=O) groups is 2. The minimum atomic E-state index is -0.268. The van der Waals surface area contributed by atoms with Crippen LogP contribution < -0.4 is 16.0 Å². The number of nitrogens with two attached hydrogens (primary N) is 1. The first-order valence-corrected chi connectivity index (χ1v) is 7.66. The molecular formula is C17H20ClN3O3. The quantitative estimate of drug-likeness (QED) is 0.888. The Bertz CT molecular complexity index is 729. The van der Waals surface area contributed by atoms with Gasteiger partial charge in [0, 0.05) is 24.3 Å². The summed E-state index contributed by atoms with van der Waals surface area (Å²) < 4.78 is 5.17. The molecule has 24 heavy (non-hydrogen) atoms. The molecule has 3 N–H and O–H groups in total. The number of nitrogens with one attached hydrogen (secondary N) is 1. The Hall–Kier alpha value is -2.31. The van der Waals surface area contributed by atoms with Crippen molar-refractivity contribution in [3.8, 4) is 0 Å². The molecular weight excluding hydrogens is 330 g/mol. The van der Waals surface area contributed by atoms with Crippen molar-refractivity contribution in [3.63, 3.8) is 0 Å². The number of anilines is 2. The van der Waals surface area contributed by atoms with Crippen LogP contribution in [0.5, 0.6) is 0 Å². The lowest BCUT2D eigenvalue weighted by atomic mass is 10.1. The SMILES string of the molecule is Cl.NCc1cc(C(=O)Nc2cccc(N3CCCCC3=O)c2)co1. The van der Waals surface area contributed by atoms with Gasteiger partial charge in [-0.2, -0.15) is 0 Å². The molecule has 0 unspecified atom stereocenters. The topological polar surface area (TPSA) is 88.6 Å². The van der Waals surface area contributed by atoms with E-state index in [0.717, 1.165) is 25.1 Å². The maximum atomic E-state index is 12.2. The fourth-order valence-corrected chi connectivity index (χ4v) is 2.64. The molecule has 0 aliphatic carbocycles. The Morgan fingerprint density at radius 3 is 2.83 bits per heavy atom. The molecule has 0 radical (unpaired) electrons. The van der Waals surface area contributed by atoms with E-state index < -0.39 is 0 Å². The van der Waals surface area contributed by atoms with Gasteiger partial charge in [-0.25, -0.2) is 0 Å². The van der Waals surface area contributed by atoms with Crippen molar-refractivity contribution in [2.45, 2.75) is 25.8 Å². The van der Waals surface area contributed by atoms with Gasteiger partial charge in [-0.05, 0) is 37.1 Å². The number of nitrogens with zero attached hydrogens (tertiary/aromatic N) is 1. The number of benzene rings is 1. The van der Waals surface area contributed by atoms with Gasteiger partial charge in [-0.15, -0.1) is 12.4 Å². The molecule has 2 heterocycles. The smallest absolute Gasteiger partial charge is 0.258 e. The van der Waals surface area contributed by atoms with Crippen LogP contribution in [-0.2, 0) is 11.3 Å². The second-order valence-corrected chi connectivity index (χ2v) is 5.51. The van der Waals surface area contributed by atoms with Crippen LogP contribution >= 0.6 is 12.4 Å². The zero-order chi connectivity index (χ0) is 16.2. The van der Waals surface area contributed by atoms with Gasteiger partial charge in [-0.1, -0.05) is 6.07 Å². The molecule has 1 saturated heterocycles. The average Bonchev–Trinajstić information content (AvgIpc) is 3.05. The Labute approximate surface area is 146 Å². The fourth-order valence-electron chi connectivity index (χ4n) is 2.64. The Balaban J connectivity index is 0.00000208. The van der Waals surface area contributed by atoms with Gasteiger partial charge in [0.25, 0.3) is 5.91 Å². The normalized spacial score (nSPS) is 14.2. The summed E-state index contributed by atoms with van der Waals surface area (Å²) in [6.07, 6.45) is 3.90. The minimum Gasteiger partial charge on any atom is -0.467 e. The molecule has 1 aromatic carbocycles. The van der Waals surface area contributed by atoms with Crippen molar-refractivity contribution >= 4 is 35.6 Å². The van der Waals surface area contributed by atoms with Crippen LogP contribution in [0.3, 0.4) is 0 Å². The predicted molar refractivity (Wildman–Crippen MR) is 94.4 cm³/mol. The number of halogens is 1. The van der Waals surface area contributed by atoms with Crippen LogP contribution in [0.4, 0.5) is 11.4 Å². The maximum Gasteiger partial charge on any atom is 0.258 e. The molecule has 2 aromatic rings. The summed E-state index contributed by atoms with van der Waals surface area (Å²) in [6.45, 7) is 0.970. The van der Waals surface area contributed by atoms with E-state index in [1.54, 1.807) is 17.0 Å². The summed E-state index contributed by atoms with van der Waals surface area (Å²) >= 11 is 0. The summed E-state index contributed by atoms with van der Waals surface area (Å²) in [4.78, 5) is 26.0. The Morgan fingerprint density at radius 2 is 2.12 bits per heavy atom. The van der Waals surface area contributed by atoms with Crippen molar-refractivity contribution in [2.24, 2.45) is 5.73 Å². The predicted octanol–water partition coefficient (Wildman–Crippen LogP) is 2.93. The highest BCUT2D eigenvalue weighted by Crippen LogP contribution is 2.24. The van der Waals surface area contributed by atoms with Crippen molar-refractivity contribution in [1.29, 1.82) is 0 Å². The average molecular weight is 350 g/mol. The number of amides is 2. The van der Waals surface area contributed by atoms with Crippen LogP contribution in [0.15, 0.2) is 41.0 Å². The zero-order valence-electron chi connectivity index (χ0n) is 13.2. The molecule has 1 aromatic heterocycles. The molecule has 0 saturated carbocycles. The van der Waals surface area contributed by atoms with Gasteiger partial charge in [0.1, 0.15) is 12.0 Å². The number of rotatable bonds is 4. The van der Waals surface area contributed by atoms with Crippen LogP contribution in [0.25, 0.3) is 0 Å². The summed E-state index contributed by atoms with van der Waals surface area (Å²) in [6, 6.07) is 8.93. The lowest BCUT2D eigenvalue weighted by Crippen LogP contribution is -2.35. The number of piperidine rings is 1. The first-order valence-electron chi connectivity index (χ1n) is 7.66. The van der Waals surface area contributed by atoms with E-state index in [9.17, 15) is 9.59 Å². The largest absolute Gasteiger partial charge is 0.467 e. The highest BCUT2D eigenvalue weighted by Gasteiger charge is 2.20. The zero-order valence-corrected chi connectivity index (χ0v) is 14.0. The molecule has 3 rings (SSSR count). The molecule has 2 amide bonds. The number of furan rings is 1. The molecule has 7 heteroatoms. The summed E-state index contributed by atoms with van der Waals surface area (Å²) in [5, 5.41) is 2.81. The second kappa shape index (κ2) is 7.99. The third-order valence-corrected chi connectivity index (χ3v) is 3.86. The number of hydrogen-bond donors (Lipinski definition) is 2. The second-order valence-electron chi connectivity index (χ2n) is 5.51. The molecule has 1 fully saturated rings. The van der Waals surface area contributed by atoms with Crippen molar-refractivity contribution < 1.29 is 14.0 Å². The fraction of sp³-hybridized carbons (Fsp3) is 0.294. The monoisotopic (exact) mass is 349 g/mol. The summed E-state index contributed by atoms with van der Waals surface area (Å²) in [5.74, 6) is 0.417. The molecule has 0 atom stereocenters. The van der Waals surface area contributed by atoms with Gasteiger partial charge in [0.15, 0.2) is 0 Å². The third-order valence-electron chi connectivity index (χ3n) is 3.86. The van der Waals surface area contributed by atoms with Gasteiger partial charge >= 0.3 is 0 Å². The summed E-state index contributed by atoms with van der Waals surface area (Å²) in [5.41, 5.74) is 7.34. The van der Waals surface area contributed by atoms with E-state index in [2.05, 4.69) is 5.32 Å². The third kappa shape index (κ3) is 3.96. The first-order chi connectivity index (χ1) is 11.2.